The first-order chi connectivity index (χ1) is 6.63. The second-order valence-corrected chi connectivity index (χ2v) is 3.17. The molecule has 4 nitrogen and oxygen atoms in total. The van der Waals surface area contributed by atoms with Gasteiger partial charge in [-0.15, -0.1) is 4.28 Å². The van der Waals surface area contributed by atoms with Crippen LogP contribution in [0.4, 0.5) is 5.69 Å². The SMILES string of the molecule is C=Cc1ccc(N(C)OS(=O)O)cc1. The summed E-state index contributed by atoms with van der Waals surface area (Å²) in [6, 6.07) is 7.21. The van der Waals surface area contributed by atoms with E-state index in [1.807, 2.05) is 12.1 Å². The van der Waals surface area contributed by atoms with Crippen LogP contribution in [-0.2, 0) is 15.6 Å². The van der Waals surface area contributed by atoms with E-state index in [1.165, 1.54) is 5.06 Å². The Bertz CT molecular complexity index is 336. The van der Waals surface area contributed by atoms with Crippen molar-refractivity contribution in [2.45, 2.75) is 0 Å². The molecule has 1 atom stereocenters. The number of benzene rings is 1. The van der Waals surface area contributed by atoms with Crippen LogP contribution >= 0.6 is 0 Å². The zero-order valence-electron chi connectivity index (χ0n) is 7.71. The Balaban J connectivity index is 2.75. The minimum Gasteiger partial charge on any atom is -0.282 e. The molecule has 0 aliphatic carbocycles. The molecular weight excluding hydrogens is 202 g/mol. The molecule has 0 saturated carbocycles. The van der Waals surface area contributed by atoms with Crippen molar-refractivity contribution in [1.82, 2.24) is 0 Å². The normalized spacial score (nSPS) is 12.1. The molecule has 76 valence electrons. The number of hydroxylamine groups is 1. The van der Waals surface area contributed by atoms with Crippen LogP contribution in [0.1, 0.15) is 5.56 Å². The van der Waals surface area contributed by atoms with E-state index in [9.17, 15) is 4.21 Å². The fourth-order valence-electron chi connectivity index (χ4n) is 0.959. The van der Waals surface area contributed by atoms with Gasteiger partial charge < -0.3 is 0 Å². The van der Waals surface area contributed by atoms with Crippen LogP contribution in [0.5, 0.6) is 0 Å². The van der Waals surface area contributed by atoms with Gasteiger partial charge in [0.15, 0.2) is 0 Å². The molecule has 1 aromatic rings. The van der Waals surface area contributed by atoms with Gasteiger partial charge in [0, 0.05) is 7.05 Å². The third-order valence-electron chi connectivity index (χ3n) is 1.67. The lowest BCUT2D eigenvalue weighted by Crippen LogP contribution is -2.18. The molecule has 1 N–H and O–H groups in total. The van der Waals surface area contributed by atoms with E-state index in [1.54, 1.807) is 25.3 Å². The van der Waals surface area contributed by atoms with Gasteiger partial charge in [-0.05, 0) is 17.7 Å². The topological polar surface area (TPSA) is 49.8 Å². The lowest BCUT2D eigenvalue weighted by atomic mass is 10.2. The Labute approximate surface area is 85.3 Å². The molecular formula is C9H11NO3S. The highest BCUT2D eigenvalue weighted by molar-refractivity contribution is 7.74. The minimum absolute atomic E-state index is 0.693. The predicted octanol–water partition coefficient (Wildman–Crippen LogP) is 1.83. The van der Waals surface area contributed by atoms with Gasteiger partial charge in [0.05, 0.1) is 5.69 Å². The summed E-state index contributed by atoms with van der Waals surface area (Å²) in [5.74, 6) is 0. The highest BCUT2D eigenvalue weighted by atomic mass is 32.2. The summed E-state index contributed by atoms with van der Waals surface area (Å²) in [6.07, 6.45) is 1.72. The maximum absolute atomic E-state index is 10.3. The third-order valence-corrected chi connectivity index (χ3v) is 2.02. The van der Waals surface area contributed by atoms with Crippen molar-refractivity contribution in [2.24, 2.45) is 0 Å². The van der Waals surface area contributed by atoms with E-state index in [4.69, 9.17) is 4.55 Å². The standard InChI is InChI=1S/C9H11NO3S/c1-3-8-4-6-9(7-5-8)10(2)13-14(11)12/h3-7H,1H2,2H3,(H,11,12). The first kappa shape index (κ1) is 10.9. The summed E-state index contributed by atoms with van der Waals surface area (Å²) in [6.45, 7) is 3.62. The summed E-state index contributed by atoms with van der Waals surface area (Å²) in [5, 5.41) is 1.23. The average molecular weight is 213 g/mol. The Morgan fingerprint density at radius 2 is 2.07 bits per heavy atom. The first-order valence-corrected chi connectivity index (χ1v) is 4.92. The van der Waals surface area contributed by atoms with Crippen molar-refractivity contribution < 1.29 is 13.0 Å². The van der Waals surface area contributed by atoms with Crippen molar-refractivity contribution in [3.8, 4) is 0 Å². The van der Waals surface area contributed by atoms with E-state index in [2.05, 4.69) is 10.9 Å². The van der Waals surface area contributed by atoms with E-state index < -0.39 is 11.4 Å². The molecule has 0 fully saturated rings. The Morgan fingerprint density at radius 3 is 2.50 bits per heavy atom. The fraction of sp³-hybridized carbons (Fsp3) is 0.111. The molecule has 0 saturated heterocycles. The molecule has 1 unspecified atom stereocenters. The van der Waals surface area contributed by atoms with Crippen LogP contribution < -0.4 is 5.06 Å². The number of hydrogen-bond donors (Lipinski definition) is 1. The summed E-state index contributed by atoms with van der Waals surface area (Å²) in [4.78, 5) is 0. The Kier molecular flexibility index (Phi) is 3.82. The number of rotatable bonds is 4. The molecule has 0 aromatic heterocycles. The summed E-state index contributed by atoms with van der Waals surface area (Å²) in [7, 11) is 1.55. The van der Waals surface area contributed by atoms with Gasteiger partial charge in [-0.25, -0.2) is 5.06 Å². The molecule has 14 heavy (non-hydrogen) atoms. The summed E-state index contributed by atoms with van der Waals surface area (Å²) < 4.78 is 23.4. The van der Waals surface area contributed by atoms with Gasteiger partial charge in [-0.2, -0.15) is 4.21 Å². The molecule has 0 aliphatic rings. The summed E-state index contributed by atoms with van der Waals surface area (Å²) in [5.41, 5.74) is 1.67. The monoisotopic (exact) mass is 213 g/mol. The zero-order valence-corrected chi connectivity index (χ0v) is 8.53. The van der Waals surface area contributed by atoms with Gasteiger partial charge in [0.1, 0.15) is 0 Å². The quantitative estimate of drug-likeness (QED) is 0.612. The number of hydrogen-bond acceptors (Lipinski definition) is 3. The molecule has 0 amide bonds. The predicted molar refractivity (Wildman–Crippen MR) is 56.8 cm³/mol. The van der Waals surface area contributed by atoms with Crippen molar-refractivity contribution in [2.75, 3.05) is 12.1 Å². The molecule has 0 radical (unpaired) electrons. The van der Waals surface area contributed by atoms with E-state index in [-0.39, 0.29) is 0 Å². The molecule has 1 rings (SSSR count). The largest absolute Gasteiger partial charge is 0.325 e. The highest BCUT2D eigenvalue weighted by Gasteiger charge is 2.03. The molecule has 0 bridgehead atoms. The van der Waals surface area contributed by atoms with Gasteiger partial charge in [0.25, 0.3) is 0 Å². The van der Waals surface area contributed by atoms with Gasteiger partial charge in [-0.1, -0.05) is 24.8 Å². The van der Waals surface area contributed by atoms with Crippen LogP contribution in [-0.4, -0.2) is 15.8 Å². The second-order valence-electron chi connectivity index (χ2n) is 2.58. The Morgan fingerprint density at radius 1 is 1.50 bits per heavy atom. The minimum atomic E-state index is -2.30. The maximum Gasteiger partial charge on any atom is 0.325 e. The summed E-state index contributed by atoms with van der Waals surface area (Å²) >= 11 is -2.30. The van der Waals surface area contributed by atoms with Gasteiger partial charge in [0.2, 0.25) is 0 Å². The lowest BCUT2D eigenvalue weighted by molar-refractivity contribution is 0.295. The number of nitrogens with zero attached hydrogens (tertiary/aromatic N) is 1. The molecule has 0 heterocycles. The van der Waals surface area contributed by atoms with Crippen molar-refractivity contribution in [3.63, 3.8) is 0 Å². The van der Waals surface area contributed by atoms with Crippen molar-refractivity contribution in [1.29, 1.82) is 0 Å². The molecule has 5 heteroatoms. The molecule has 0 spiro atoms. The Hall–Kier alpha value is -1.17. The molecule has 0 aliphatic heterocycles. The van der Waals surface area contributed by atoms with Gasteiger partial charge in [-0.3, -0.25) is 4.55 Å². The van der Waals surface area contributed by atoms with E-state index in [0.29, 0.717) is 5.69 Å². The first-order valence-electron chi connectivity index (χ1n) is 3.89. The van der Waals surface area contributed by atoms with Crippen LogP contribution in [0.15, 0.2) is 30.8 Å². The third kappa shape index (κ3) is 2.95. The van der Waals surface area contributed by atoms with Gasteiger partial charge >= 0.3 is 11.4 Å². The van der Waals surface area contributed by atoms with Crippen molar-refractivity contribution >= 4 is 23.1 Å². The van der Waals surface area contributed by atoms with Crippen LogP contribution in [0.2, 0.25) is 0 Å². The average Bonchev–Trinajstić information content (AvgIpc) is 2.17. The maximum atomic E-state index is 10.3. The number of anilines is 1. The van der Waals surface area contributed by atoms with E-state index in [0.717, 1.165) is 5.56 Å². The highest BCUT2D eigenvalue weighted by Crippen LogP contribution is 2.14. The van der Waals surface area contributed by atoms with Crippen LogP contribution in [0, 0.1) is 0 Å². The van der Waals surface area contributed by atoms with E-state index >= 15 is 0 Å². The molecule has 1 aromatic carbocycles. The van der Waals surface area contributed by atoms with Crippen LogP contribution in [0.25, 0.3) is 6.08 Å². The smallest absolute Gasteiger partial charge is 0.282 e. The van der Waals surface area contributed by atoms with Crippen LogP contribution in [0.3, 0.4) is 0 Å². The fourth-order valence-corrected chi connectivity index (χ4v) is 1.24. The van der Waals surface area contributed by atoms with Crippen molar-refractivity contribution in [3.05, 3.63) is 36.4 Å². The second kappa shape index (κ2) is 4.90. The zero-order chi connectivity index (χ0) is 10.6. The lowest BCUT2D eigenvalue weighted by Gasteiger charge is -2.14.